The number of hydrogen-bond acceptors (Lipinski definition) is 3. The van der Waals surface area contributed by atoms with Crippen molar-refractivity contribution in [1.29, 1.82) is 0 Å². The second-order valence-corrected chi connectivity index (χ2v) is 5.37. The molecule has 18 heavy (non-hydrogen) atoms. The summed E-state index contributed by atoms with van der Waals surface area (Å²) in [4.78, 5) is 0. The van der Waals surface area contributed by atoms with E-state index in [-0.39, 0.29) is 12.4 Å². The van der Waals surface area contributed by atoms with E-state index in [0.29, 0.717) is 23.5 Å². The van der Waals surface area contributed by atoms with E-state index in [1.54, 1.807) is 6.07 Å². The van der Waals surface area contributed by atoms with Crippen molar-refractivity contribution in [2.75, 3.05) is 6.61 Å². The minimum atomic E-state index is 0.156. The minimum Gasteiger partial charge on any atom is -0.506 e. The standard InChI is InChI=1S/C14H20ClNO2/c15-12-6-3-5-10(14(12)18)8-16-13-7-2-1-4-11(13)9-17/h3,5-6,11,13,16-18H,1-2,4,7-9H2. The monoisotopic (exact) mass is 269 g/mol. The van der Waals surface area contributed by atoms with Gasteiger partial charge in [-0.1, -0.05) is 36.6 Å². The second kappa shape index (κ2) is 6.41. The lowest BCUT2D eigenvalue weighted by molar-refractivity contribution is 0.152. The highest BCUT2D eigenvalue weighted by Crippen LogP contribution is 2.28. The van der Waals surface area contributed by atoms with Crippen LogP contribution in [0.15, 0.2) is 18.2 Å². The molecular weight excluding hydrogens is 250 g/mol. The molecule has 1 aromatic rings. The number of phenols is 1. The van der Waals surface area contributed by atoms with Crippen LogP contribution in [0.2, 0.25) is 5.02 Å². The molecule has 3 nitrogen and oxygen atoms in total. The van der Waals surface area contributed by atoms with Crippen LogP contribution in [-0.2, 0) is 6.54 Å². The Morgan fingerprint density at radius 3 is 2.83 bits per heavy atom. The van der Waals surface area contributed by atoms with Crippen LogP contribution in [0.1, 0.15) is 31.2 Å². The molecule has 2 atom stereocenters. The van der Waals surface area contributed by atoms with Crippen molar-refractivity contribution in [2.24, 2.45) is 5.92 Å². The fourth-order valence-electron chi connectivity index (χ4n) is 2.64. The summed E-state index contributed by atoms with van der Waals surface area (Å²) in [6.45, 7) is 0.826. The molecule has 1 saturated carbocycles. The summed E-state index contributed by atoms with van der Waals surface area (Å²) in [5.74, 6) is 0.489. The van der Waals surface area contributed by atoms with Crippen molar-refractivity contribution < 1.29 is 10.2 Å². The summed E-state index contributed by atoms with van der Waals surface area (Å²) in [5, 5.41) is 23.0. The number of hydrogen-bond donors (Lipinski definition) is 3. The fraction of sp³-hybridized carbons (Fsp3) is 0.571. The van der Waals surface area contributed by atoms with Gasteiger partial charge in [0.1, 0.15) is 5.75 Å². The van der Waals surface area contributed by atoms with Gasteiger partial charge in [-0.05, 0) is 24.8 Å². The number of halogens is 1. The summed E-state index contributed by atoms with van der Waals surface area (Å²) in [5.41, 5.74) is 0.810. The van der Waals surface area contributed by atoms with Gasteiger partial charge < -0.3 is 15.5 Å². The quantitative estimate of drug-likeness (QED) is 0.788. The Morgan fingerprint density at radius 2 is 2.06 bits per heavy atom. The van der Waals surface area contributed by atoms with Crippen LogP contribution in [0.25, 0.3) is 0 Å². The Balaban J connectivity index is 1.96. The van der Waals surface area contributed by atoms with Gasteiger partial charge in [0.25, 0.3) is 0 Å². The largest absolute Gasteiger partial charge is 0.506 e. The van der Waals surface area contributed by atoms with Crippen LogP contribution in [0.4, 0.5) is 0 Å². The first kappa shape index (κ1) is 13.7. The maximum Gasteiger partial charge on any atom is 0.138 e. The van der Waals surface area contributed by atoms with Gasteiger partial charge in [0.2, 0.25) is 0 Å². The predicted molar refractivity (Wildman–Crippen MR) is 72.8 cm³/mol. The molecule has 3 N–H and O–H groups in total. The van der Waals surface area contributed by atoms with E-state index >= 15 is 0 Å². The number of para-hydroxylation sites is 1. The number of aliphatic hydroxyl groups excluding tert-OH is 1. The predicted octanol–water partition coefficient (Wildman–Crippen LogP) is 2.69. The maximum atomic E-state index is 9.83. The molecule has 0 aliphatic heterocycles. The van der Waals surface area contributed by atoms with Gasteiger partial charge in [0, 0.05) is 24.8 Å². The lowest BCUT2D eigenvalue weighted by atomic mass is 9.85. The Hall–Kier alpha value is -0.770. The van der Waals surface area contributed by atoms with E-state index < -0.39 is 0 Å². The Morgan fingerprint density at radius 1 is 1.28 bits per heavy atom. The molecule has 0 heterocycles. The van der Waals surface area contributed by atoms with Gasteiger partial charge in [-0.2, -0.15) is 0 Å². The minimum absolute atomic E-state index is 0.156. The molecule has 1 aliphatic carbocycles. The Kier molecular flexibility index (Phi) is 4.87. The number of nitrogens with one attached hydrogen (secondary N) is 1. The highest BCUT2D eigenvalue weighted by molar-refractivity contribution is 6.32. The molecule has 1 aromatic carbocycles. The second-order valence-electron chi connectivity index (χ2n) is 4.96. The normalized spacial score (nSPS) is 24.1. The molecule has 2 rings (SSSR count). The number of phenolic OH excluding ortho intramolecular Hbond substituents is 1. The molecule has 4 heteroatoms. The van der Waals surface area contributed by atoms with Crippen LogP contribution >= 0.6 is 11.6 Å². The molecule has 0 saturated heterocycles. The molecule has 1 fully saturated rings. The Bertz CT molecular complexity index is 397. The van der Waals surface area contributed by atoms with Gasteiger partial charge >= 0.3 is 0 Å². The molecule has 0 radical (unpaired) electrons. The molecule has 2 unspecified atom stereocenters. The van der Waals surface area contributed by atoms with E-state index in [0.717, 1.165) is 18.4 Å². The van der Waals surface area contributed by atoms with E-state index in [4.69, 9.17) is 11.6 Å². The highest BCUT2D eigenvalue weighted by Gasteiger charge is 2.24. The average Bonchev–Trinajstić information content (AvgIpc) is 2.41. The summed E-state index contributed by atoms with van der Waals surface area (Å²) in [7, 11) is 0. The number of aromatic hydroxyl groups is 1. The van der Waals surface area contributed by atoms with Crippen LogP contribution in [0.3, 0.4) is 0 Å². The number of aliphatic hydroxyl groups is 1. The summed E-state index contributed by atoms with van der Waals surface area (Å²) >= 11 is 5.87. The zero-order valence-electron chi connectivity index (χ0n) is 10.4. The molecule has 0 amide bonds. The summed E-state index contributed by atoms with van der Waals surface area (Å²) in [6, 6.07) is 5.72. The van der Waals surface area contributed by atoms with Crippen molar-refractivity contribution in [3.05, 3.63) is 28.8 Å². The highest BCUT2D eigenvalue weighted by atomic mass is 35.5. The number of rotatable bonds is 4. The van der Waals surface area contributed by atoms with Crippen molar-refractivity contribution in [1.82, 2.24) is 5.32 Å². The van der Waals surface area contributed by atoms with Crippen molar-refractivity contribution in [3.63, 3.8) is 0 Å². The fourth-order valence-corrected chi connectivity index (χ4v) is 2.83. The maximum absolute atomic E-state index is 9.83. The van der Waals surface area contributed by atoms with Gasteiger partial charge in [0.15, 0.2) is 0 Å². The van der Waals surface area contributed by atoms with Gasteiger partial charge in [-0.3, -0.25) is 0 Å². The zero-order valence-corrected chi connectivity index (χ0v) is 11.2. The first-order valence-electron chi connectivity index (χ1n) is 6.53. The van der Waals surface area contributed by atoms with E-state index in [1.165, 1.54) is 12.8 Å². The first-order chi connectivity index (χ1) is 8.72. The van der Waals surface area contributed by atoms with Crippen LogP contribution in [0.5, 0.6) is 5.75 Å². The third kappa shape index (κ3) is 3.16. The van der Waals surface area contributed by atoms with E-state index in [1.807, 2.05) is 12.1 Å². The summed E-state index contributed by atoms with van der Waals surface area (Å²) < 4.78 is 0. The van der Waals surface area contributed by atoms with E-state index in [2.05, 4.69) is 5.32 Å². The van der Waals surface area contributed by atoms with Gasteiger partial charge in [-0.15, -0.1) is 0 Å². The molecule has 100 valence electrons. The van der Waals surface area contributed by atoms with Crippen molar-refractivity contribution in [2.45, 2.75) is 38.3 Å². The van der Waals surface area contributed by atoms with E-state index in [9.17, 15) is 10.2 Å². The van der Waals surface area contributed by atoms with Gasteiger partial charge in [-0.25, -0.2) is 0 Å². The third-order valence-corrected chi connectivity index (χ3v) is 4.07. The van der Waals surface area contributed by atoms with Crippen molar-refractivity contribution in [3.8, 4) is 5.75 Å². The average molecular weight is 270 g/mol. The van der Waals surface area contributed by atoms with Crippen LogP contribution < -0.4 is 5.32 Å². The Labute approximate surface area is 113 Å². The lowest BCUT2D eigenvalue weighted by Gasteiger charge is -2.31. The molecule has 0 bridgehead atoms. The first-order valence-corrected chi connectivity index (χ1v) is 6.90. The molecule has 1 aliphatic rings. The summed E-state index contributed by atoms with van der Waals surface area (Å²) in [6.07, 6.45) is 4.57. The zero-order chi connectivity index (χ0) is 13.0. The smallest absolute Gasteiger partial charge is 0.138 e. The van der Waals surface area contributed by atoms with Crippen molar-refractivity contribution >= 4 is 11.6 Å². The third-order valence-electron chi connectivity index (χ3n) is 3.77. The molecular formula is C14H20ClNO2. The topological polar surface area (TPSA) is 52.5 Å². The van der Waals surface area contributed by atoms with Crippen LogP contribution in [0, 0.1) is 5.92 Å². The lowest BCUT2D eigenvalue weighted by Crippen LogP contribution is -2.39. The molecule has 0 spiro atoms. The van der Waals surface area contributed by atoms with Gasteiger partial charge in [0.05, 0.1) is 5.02 Å². The van der Waals surface area contributed by atoms with Crippen LogP contribution in [-0.4, -0.2) is 22.9 Å². The SMILES string of the molecule is OCC1CCCCC1NCc1cccc(Cl)c1O. The molecule has 0 aromatic heterocycles. The number of benzene rings is 1.